The first-order valence-electron chi connectivity index (χ1n) is 7.80. The summed E-state index contributed by atoms with van der Waals surface area (Å²) in [5.41, 5.74) is 0. The zero-order valence-corrected chi connectivity index (χ0v) is 16.0. The molecular weight excluding hydrogens is 308 g/mol. The summed E-state index contributed by atoms with van der Waals surface area (Å²) in [5.74, 6) is 0. The number of hydrogen-bond acceptors (Lipinski definition) is 7. The van der Waals surface area contributed by atoms with Crippen molar-refractivity contribution in [1.29, 1.82) is 0 Å². The molecule has 1 atom stereocenters. The van der Waals surface area contributed by atoms with Crippen molar-refractivity contribution in [3.05, 3.63) is 0 Å². The first-order chi connectivity index (χ1) is 10.5. The highest BCUT2D eigenvalue weighted by atomic mass is 28.4. The van der Waals surface area contributed by atoms with Gasteiger partial charge in [0.05, 0.1) is 25.9 Å². The Morgan fingerprint density at radius 2 is 1.27 bits per heavy atom. The molecule has 1 unspecified atom stereocenters. The maximum absolute atomic E-state index is 6.01. The Balaban J connectivity index is 5.25. The average molecular weight is 340 g/mol. The van der Waals surface area contributed by atoms with Gasteiger partial charge in [-0.15, -0.1) is 0 Å². The SMILES string of the molecule is CCOC(C)C[Si](OC)(OC)OC(OCC)(OCC)OCC. The van der Waals surface area contributed by atoms with Gasteiger partial charge >= 0.3 is 15.0 Å². The lowest BCUT2D eigenvalue weighted by molar-refractivity contribution is -0.478. The van der Waals surface area contributed by atoms with Crippen LogP contribution in [0.1, 0.15) is 34.6 Å². The molecule has 0 heterocycles. The molecule has 0 aromatic carbocycles. The molecule has 0 aliphatic heterocycles. The molecule has 0 spiro atoms. The first-order valence-corrected chi connectivity index (χ1v) is 9.74. The van der Waals surface area contributed by atoms with Crippen LogP contribution < -0.4 is 0 Å². The molecule has 0 N–H and O–H groups in total. The van der Waals surface area contributed by atoms with Gasteiger partial charge in [0, 0.05) is 26.9 Å². The highest BCUT2D eigenvalue weighted by Crippen LogP contribution is 2.28. The predicted octanol–water partition coefficient (Wildman–Crippen LogP) is 2.38. The Kier molecular flexibility index (Phi) is 11.4. The third kappa shape index (κ3) is 7.01. The Morgan fingerprint density at radius 3 is 1.59 bits per heavy atom. The fourth-order valence-electron chi connectivity index (χ4n) is 2.00. The normalized spacial score (nSPS) is 14.3. The predicted molar refractivity (Wildman–Crippen MR) is 84.4 cm³/mol. The van der Waals surface area contributed by atoms with Gasteiger partial charge < -0.3 is 27.8 Å². The molecule has 0 aromatic rings. The lowest BCUT2D eigenvalue weighted by Crippen LogP contribution is -2.57. The molecular formula is C14H32O7Si. The zero-order chi connectivity index (χ0) is 17.1. The van der Waals surface area contributed by atoms with Crippen LogP contribution in [-0.4, -0.2) is 61.7 Å². The van der Waals surface area contributed by atoms with Crippen molar-refractivity contribution in [1.82, 2.24) is 0 Å². The van der Waals surface area contributed by atoms with Gasteiger partial charge in [0.2, 0.25) is 0 Å². The van der Waals surface area contributed by atoms with E-state index in [9.17, 15) is 0 Å². The molecule has 0 amide bonds. The van der Waals surface area contributed by atoms with Crippen LogP contribution in [0.4, 0.5) is 0 Å². The summed E-state index contributed by atoms with van der Waals surface area (Å²) in [6.07, 6.45) is -1.71. The van der Waals surface area contributed by atoms with Gasteiger partial charge in [0.1, 0.15) is 0 Å². The van der Waals surface area contributed by atoms with Crippen molar-refractivity contribution in [3.8, 4) is 0 Å². The molecule has 8 heteroatoms. The topological polar surface area (TPSA) is 64.6 Å². The van der Waals surface area contributed by atoms with E-state index in [4.69, 9.17) is 32.2 Å². The van der Waals surface area contributed by atoms with E-state index >= 15 is 0 Å². The third-order valence-electron chi connectivity index (χ3n) is 2.85. The summed E-state index contributed by atoms with van der Waals surface area (Å²) in [4.78, 5) is 0. The number of rotatable bonds is 14. The van der Waals surface area contributed by atoms with Crippen LogP contribution in [-0.2, 0) is 32.2 Å². The van der Waals surface area contributed by atoms with Crippen LogP contribution in [0.15, 0.2) is 0 Å². The van der Waals surface area contributed by atoms with E-state index < -0.39 is 15.0 Å². The van der Waals surface area contributed by atoms with E-state index in [2.05, 4.69) is 0 Å². The maximum Gasteiger partial charge on any atom is 0.508 e. The lowest BCUT2D eigenvalue weighted by Gasteiger charge is -2.38. The minimum absolute atomic E-state index is 0.0841. The summed E-state index contributed by atoms with van der Waals surface area (Å²) in [7, 11) is -0.00163. The molecule has 7 nitrogen and oxygen atoms in total. The molecule has 0 saturated heterocycles. The highest BCUT2D eigenvalue weighted by molar-refractivity contribution is 6.60. The largest absolute Gasteiger partial charge is 0.508 e. The van der Waals surface area contributed by atoms with Crippen molar-refractivity contribution in [2.24, 2.45) is 0 Å². The van der Waals surface area contributed by atoms with Gasteiger partial charge in [0.25, 0.3) is 0 Å². The summed E-state index contributed by atoms with van der Waals surface area (Å²) < 4.78 is 39.5. The molecule has 134 valence electrons. The van der Waals surface area contributed by atoms with E-state index in [0.717, 1.165) is 0 Å². The van der Waals surface area contributed by atoms with Crippen LogP contribution in [0.5, 0.6) is 0 Å². The van der Waals surface area contributed by atoms with Crippen LogP contribution in [0.25, 0.3) is 0 Å². The number of hydrogen-bond donors (Lipinski definition) is 0. The van der Waals surface area contributed by atoms with Gasteiger partial charge in [-0.05, 0) is 34.6 Å². The van der Waals surface area contributed by atoms with Gasteiger partial charge in [-0.2, -0.15) is 0 Å². The Morgan fingerprint density at radius 1 is 0.818 bits per heavy atom. The molecule has 0 aromatic heterocycles. The Hall–Kier alpha value is -0.0631. The molecule has 0 radical (unpaired) electrons. The summed E-state index contributed by atoms with van der Waals surface area (Å²) in [6, 6.07) is 0.461. The lowest BCUT2D eigenvalue weighted by atomic mass is 10.5. The summed E-state index contributed by atoms with van der Waals surface area (Å²) in [6.45, 7) is 11.1. The fraction of sp³-hybridized carbons (Fsp3) is 1.00. The second-order valence-corrected chi connectivity index (χ2v) is 7.26. The van der Waals surface area contributed by atoms with Gasteiger partial charge in [-0.3, -0.25) is 4.43 Å². The summed E-state index contributed by atoms with van der Waals surface area (Å²) >= 11 is 0. The minimum atomic E-state index is -3.09. The van der Waals surface area contributed by atoms with Crippen LogP contribution in [0.2, 0.25) is 6.04 Å². The smallest absolute Gasteiger partial charge is 0.379 e. The van der Waals surface area contributed by atoms with E-state index in [1.54, 1.807) is 14.2 Å². The first kappa shape index (κ1) is 21.9. The van der Waals surface area contributed by atoms with Gasteiger partial charge in [-0.25, -0.2) is 0 Å². The van der Waals surface area contributed by atoms with Crippen molar-refractivity contribution >= 4 is 8.80 Å². The minimum Gasteiger partial charge on any atom is -0.379 e. The second-order valence-electron chi connectivity index (χ2n) is 4.46. The van der Waals surface area contributed by atoms with Gasteiger partial charge in [-0.1, -0.05) is 0 Å². The average Bonchev–Trinajstić information content (AvgIpc) is 2.47. The van der Waals surface area contributed by atoms with Crippen molar-refractivity contribution in [2.45, 2.75) is 52.9 Å². The van der Waals surface area contributed by atoms with E-state index in [0.29, 0.717) is 32.5 Å². The van der Waals surface area contributed by atoms with E-state index in [-0.39, 0.29) is 6.10 Å². The summed E-state index contributed by atoms with van der Waals surface area (Å²) in [5, 5.41) is 0. The fourth-order valence-corrected chi connectivity index (χ4v) is 4.13. The van der Waals surface area contributed by atoms with Crippen molar-refractivity contribution in [3.63, 3.8) is 0 Å². The van der Waals surface area contributed by atoms with E-state index in [1.807, 2.05) is 34.6 Å². The van der Waals surface area contributed by atoms with Crippen LogP contribution in [0.3, 0.4) is 0 Å². The van der Waals surface area contributed by atoms with Crippen molar-refractivity contribution < 1.29 is 32.2 Å². The van der Waals surface area contributed by atoms with Gasteiger partial charge in [0.15, 0.2) is 0 Å². The monoisotopic (exact) mass is 340 g/mol. The maximum atomic E-state index is 6.01. The molecule has 0 rings (SSSR count). The third-order valence-corrected chi connectivity index (χ3v) is 5.73. The number of ether oxygens (including phenoxy) is 4. The highest BCUT2D eigenvalue weighted by Gasteiger charge is 2.51. The molecule has 0 aliphatic rings. The second kappa shape index (κ2) is 11.5. The molecule has 0 fully saturated rings. The molecule has 0 bridgehead atoms. The zero-order valence-electron chi connectivity index (χ0n) is 15.0. The molecule has 0 saturated carbocycles. The standard InChI is InChI=1S/C14H32O7Si/c1-8-17-13(5)12-22(15-6,16-7)21-14(18-9-2,19-10-3)20-11-4/h13H,8-12H2,1-7H3. The quantitative estimate of drug-likeness (QED) is 0.355. The Bertz CT molecular complexity index is 257. The van der Waals surface area contributed by atoms with E-state index in [1.165, 1.54) is 0 Å². The van der Waals surface area contributed by atoms with Crippen LogP contribution >= 0.6 is 0 Å². The van der Waals surface area contributed by atoms with Crippen molar-refractivity contribution in [2.75, 3.05) is 40.6 Å². The Labute approximate surface area is 135 Å². The van der Waals surface area contributed by atoms with Crippen LogP contribution in [0, 0.1) is 0 Å². The molecule has 0 aliphatic carbocycles. The molecule has 22 heavy (non-hydrogen) atoms.